The molecule has 1 fully saturated rings. The SMILES string of the molecule is CC=CN1CCN(c2ccnc3ccc(-c4cnc(OC)c(NS(=O)(=O)c5ccc(F)cc5F)c4)cc23)CC1. The van der Waals surface area contributed by atoms with Crippen LogP contribution in [0.25, 0.3) is 22.0 Å². The van der Waals surface area contributed by atoms with Gasteiger partial charge in [0.2, 0.25) is 5.88 Å². The molecule has 0 bridgehead atoms. The third kappa shape index (κ3) is 5.49. The van der Waals surface area contributed by atoms with Gasteiger partial charge >= 0.3 is 0 Å². The Morgan fingerprint density at radius 3 is 2.49 bits per heavy atom. The first kappa shape index (κ1) is 26.4. The second kappa shape index (κ2) is 10.9. The van der Waals surface area contributed by atoms with Gasteiger partial charge in [0.05, 0.1) is 12.6 Å². The van der Waals surface area contributed by atoms with Gasteiger partial charge in [-0.05, 0) is 55.1 Å². The number of halogens is 2. The fraction of sp³-hybridized carbons (Fsp3) is 0.214. The lowest BCUT2D eigenvalue weighted by Crippen LogP contribution is -2.44. The van der Waals surface area contributed by atoms with Crippen molar-refractivity contribution >= 4 is 32.3 Å². The summed E-state index contributed by atoms with van der Waals surface area (Å²) in [7, 11) is -3.04. The minimum absolute atomic E-state index is 0.00647. The molecule has 4 aromatic rings. The Bertz CT molecular complexity index is 1650. The van der Waals surface area contributed by atoms with Crippen LogP contribution in [-0.4, -0.2) is 56.6 Å². The van der Waals surface area contributed by atoms with Gasteiger partial charge in [-0.2, -0.15) is 0 Å². The van der Waals surface area contributed by atoms with Crippen LogP contribution < -0.4 is 14.4 Å². The number of anilines is 2. The highest BCUT2D eigenvalue weighted by atomic mass is 32.2. The lowest BCUT2D eigenvalue weighted by molar-refractivity contribution is 0.349. The number of aromatic nitrogens is 2. The first-order chi connectivity index (χ1) is 18.8. The predicted octanol–water partition coefficient (Wildman–Crippen LogP) is 5.04. The van der Waals surface area contributed by atoms with Crippen molar-refractivity contribution in [3.63, 3.8) is 0 Å². The van der Waals surface area contributed by atoms with Crippen LogP contribution in [0.5, 0.6) is 5.88 Å². The van der Waals surface area contributed by atoms with Crippen LogP contribution >= 0.6 is 0 Å². The van der Waals surface area contributed by atoms with Crippen molar-refractivity contribution < 1.29 is 21.9 Å². The Kier molecular flexibility index (Phi) is 7.34. The highest BCUT2D eigenvalue weighted by Crippen LogP contribution is 2.34. The zero-order chi connectivity index (χ0) is 27.6. The molecular weight excluding hydrogens is 524 g/mol. The third-order valence-electron chi connectivity index (χ3n) is 6.54. The summed E-state index contributed by atoms with van der Waals surface area (Å²) >= 11 is 0. The van der Waals surface area contributed by atoms with E-state index in [0.29, 0.717) is 11.6 Å². The maximum absolute atomic E-state index is 14.3. The van der Waals surface area contributed by atoms with Crippen LogP contribution in [0.3, 0.4) is 0 Å². The molecular formula is C28H27F2N5O3S. The number of nitrogens with zero attached hydrogens (tertiary/aromatic N) is 4. The first-order valence-electron chi connectivity index (χ1n) is 12.3. The van der Waals surface area contributed by atoms with E-state index in [1.807, 2.05) is 37.3 Å². The van der Waals surface area contributed by atoms with Gasteiger partial charge in [-0.1, -0.05) is 12.1 Å². The Morgan fingerprint density at radius 1 is 0.974 bits per heavy atom. The zero-order valence-corrected chi connectivity index (χ0v) is 22.3. The number of pyridine rings is 2. The van der Waals surface area contributed by atoms with E-state index in [9.17, 15) is 17.2 Å². The standard InChI is InChI=1S/C28H27F2N5O3S/c1-3-10-34-11-13-35(14-12-34)26-8-9-31-24-6-4-19(15-22(24)26)20-16-25(28(38-2)32-18-20)33-39(36,37)27-7-5-21(29)17-23(27)30/h3-10,15-18,33H,11-14H2,1-2H3. The molecule has 0 atom stereocenters. The second-order valence-corrected chi connectivity index (χ2v) is 10.7. The third-order valence-corrected chi connectivity index (χ3v) is 7.94. The minimum Gasteiger partial charge on any atom is -0.480 e. The zero-order valence-electron chi connectivity index (χ0n) is 21.4. The molecule has 3 heterocycles. The molecule has 202 valence electrons. The van der Waals surface area contributed by atoms with Crippen LogP contribution in [0.15, 0.2) is 78.1 Å². The normalized spacial score (nSPS) is 14.3. The molecule has 1 saturated heterocycles. The summed E-state index contributed by atoms with van der Waals surface area (Å²) in [4.78, 5) is 12.7. The van der Waals surface area contributed by atoms with E-state index in [-0.39, 0.29) is 11.6 Å². The van der Waals surface area contributed by atoms with Crippen molar-refractivity contribution in [3.8, 4) is 17.0 Å². The minimum atomic E-state index is -4.39. The van der Waals surface area contributed by atoms with Crippen LogP contribution in [0.4, 0.5) is 20.2 Å². The first-order valence-corrected chi connectivity index (χ1v) is 13.8. The molecule has 11 heteroatoms. The van der Waals surface area contributed by atoms with E-state index in [4.69, 9.17) is 4.74 Å². The molecule has 1 N–H and O–H groups in total. The number of fused-ring (bicyclic) bond motifs is 1. The fourth-order valence-electron chi connectivity index (χ4n) is 4.65. The number of sulfonamides is 1. The summed E-state index contributed by atoms with van der Waals surface area (Å²) in [6.45, 7) is 5.56. The molecule has 0 unspecified atom stereocenters. The van der Waals surface area contributed by atoms with Gasteiger partial charge in [-0.3, -0.25) is 9.71 Å². The van der Waals surface area contributed by atoms with E-state index in [2.05, 4.69) is 30.7 Å². The number of nitrogens with one attached hydrogen (secondary N) is 1. The van der Waals surface area contributed by atoms with Gasteiger partial charge in [-0.25, -0.2) is 22.2 Å². The van der Waals surface area contributed by atoms with Crippen LogP contribution in [0.2, 0.25) is 0 Å². The predicted molar refractivity (Wildman–Crippen MR) is 147 cm³/mol. The topological polar surface area (TPSA) is 87.7 Å². The largest absolute Gasteiger partial charge is 0.480 e. The van der Waals surface area contributed by atoms with Crippen LogP contribution in [0.1, 0.15) is 6.92 Å². The summed E-state index contributed by atoms with van der Waals surface area (Å²) in [6, 6.07) is 11.6. The number of ether oxygens (including phenoxy) is 1. The monoisotopic (exact) mass is 551 g/mol. The number of allylic oxidation sites excluding steroid dienone is 1. The maximum atomic E-state index is 14.3. The average molecular weight is 552 g/mol. The number of hydrogen-bond donors (Lipinski definition) is 1. The molecule has 5 rings (SSSR count). The number of piperazine rings is 1. The fourth-order valence-corrected chi connectivity index (χ4v) is 5.76. The van der Waals surface area contributed by atoms with Crippen molar-refractivity contribution in [2.45, 2.75) is 11.8 Å². The van der Waals surface area contributed by atoms with Crippen molar-refractivity contribution in [2.24, 2.45) is 0 Å². The molecule has 2 aromatic heterocycles. The average Bonchev–Trinajstić information content (AvgIpc) is 2.92. The van der Waals surface area contributed by atoms with Gasteiger partial charge in [-0.15, -0.1) is 0 Å². The Morgan fingerprint density at radius 2 is 1.77 bits per heavy atom. The number of rotatable bonds is 7. The molecule has 0 aliphatic carbocycles. The smallest absolute Gasteiger partial charge is 0.264 e. The number of methoxy groups -OCH3 is 1. The molecule has 0 radical (unpaired) electrons. The van der Waals surface area contributed by atoms with Gasteiger partial charge in [0.15, 0.2) is 0 Å². The summed E-state index contributed by atoms with van der Waals surface area (Å²) in [6.07, 6.45) is 7.51. The van der Waals surface area contributed by atoms with E-state index in [0.717, 1.165) is 60.5 Å². The maximum Gasteiger partial charge on any atom is 0.264 e. The summed E-state index contributed by atoms with van der Waals surface area (Å²) < 4.78 is 61.0. The number of benzene rings is 2. The van der Waals surface area contributed by atoms with Crippen LogP contribution in [-0.2, 0) is 10.0 Å². The molecule has 2 aromatic carbocycles. The van der Waals surface area contributed by atoms with Crippen molar-refractivity contribution in [1.29, 1.82) is 0 Å². The quantitative estimate of drug-likeness (QED) is 0.344. The highest BCUT2D eigenvalue weighted by molar-refractivity contribution is 7.92. The summed E-state index contributed by atoms with van der Waals surface area (Å²) in [5.41, 5.74) is 3.32. The Labute approximate surface area is 225 Å². The van der Waals surface area contributed by atoms with Crippen molar-refractivity contribution in [3.05, 3.63) is 84.8 Å². The molecule has 1 aliphatic heterocycles. The molecule has 0 spiro atoms. The number of hydrogen-bond acceptors (Lipinski definition) is 7. The lowest BCUT2D eigenvalue weighted by atomic mass is 10.0. The van der Waals surface area contributed by atoms with E-state index in [1.54, 1.807) is 18.5 Å². The van der Waals surface area contributed by atoms with Crippen molar-refractivity contribution in [1.82, 2.24) is 14.9 Å². The summed E-state index contributed by atoms with van der Waals surface area (Å²) in [5, 5.41) is 0.959. The second-order valence-electron chi connectivity index (χ2n) is 9.03. The van der Waals surface area contributed by atoms with Gasteiger partial charge in [0.1, 0.15) is 22.2 Å². The highest BCUT2D eigenvalue weighted by Gasteiger charge is 2.23. The van der Waals surface area contributed by atoms with E-state index >= 15 is 0 Å². The molecule has 8 nitrogen and oxygen atoms in total. The Hall–Kier alpha value is -4.25. The van der Waals surface area contributed by atoms with Crippen LogP contribution in [0, 0.1) is 11.6 Å². The Balaban J connectivity index is 1.50. The molecule has 1 aliphatic rings. The lowest BCUT2D eigenvalue weighted by Gasteiger charge is -2.36. The van der Waals surface area contributed by atoms with Gasteiger partial charge in [0, 0.05) is 61.3 Å². The molecule has 0 amide bonds. The molecule has 39 heavy (non-hydrogen) atoms. The van der Waals surface area contributed by atoms with E-state index < -0.39 is 26.6 Å². The van der Waals surface area contributed by atoms with Gasteiger partial charge < -0.3 is 14.5 Å². The molecule has 0 saturated carbocycles. The summed E-state index contributed by atoms with van der Waals surface area (Å²) in [5.74, 6) is -2.07. The van der Waals surface area contributed by atoms with E-state index in [1.165, 1.54) is 7.11 Å². The van der Waals surface area contributed by atoms with Crippen molar-refractivity contribution in [2.75, 3.05) is 42.9 Å². The van der Waals surface area contributed by atoms with Gasteiger partial charge in [0.25, 0.3) is 10.0 Å².